The summed E-state index contributed by atoms with van der Waals surface area (Å²) in [6.07, 6.45) is -9.27. The van der Waals surface area contributed by atoms with Crippen LogP contribution in [0.4, 0.5) is 35.1 Å². The molecule has 2 heterocycles. The van der Waals surface area contributed by atoms with Crippen molar-refractivity contribution in [2.45, 2.75) is 31.9 Å². The molecule has 2 aromatic rings. The lowest BCUT2D eigenvalue weighted by atomic mass is 10.0. The fraction of sp³-hybridized carbons (Fsp3) is 0.333. The lowest BCUT2D eigenvalue weighted by Gasteiger charge is -2.14. The Morgan fingerprint density at radius 3 is 1.29 bits per heavy atom. The van der Waals surface area contributed by atoms with Gasteiger partial charge in [0.15, 0.2) is 0 Å². The number of hydrogen-bond donors (Lipinski definition) is 2. The van der Waals surface area contributed by atoms with Crippen molar-refractivity contribution >= 4 is 12.0 Å². The molecular formula is C21H20F8N4O2. The van der Waals surface area contributed by atoms with E-state index in [-0.39, 0.29) is 43.8 Å². The third-order valence-corrected chi connectivity index (χ3v) is 4.70. The van der Waals surface area contributed by atoms with Crippen molar-refractivity contribution in [1.29, 1.82) is 0 Å². The molecule has 2 aromatic carbocycles. The van der Waals surface area contributed by atoms with Crippen LogP contribution in [0.1, 0.15) is 41.8 Å². The monoisotopic (exact) mass is 512 g/mol. The van der Waals surface area contributed by atoms with Crippen molar-refractivity contribution in [3.63, 3.8) is 0 Å². The summed E-state index contributed by atoms with van der Waals surface area (Å²) in [5.41, 5.74) is 8.07. The predicted octanol–water partition coefficient (Wildman–Crippen LogP) is 5.10. The normalized spacial score (nSPS) is 19.4. The molecule has 2 aliphatic rings. The van der Waals surface area contributed by atoms with Gasteiger partial charge in [0.1, 0.15) is 36.9 Å². The molecule has 6 nitrogen and oxygen atoms in total. The minimum atomic E-state index is -4.63. The van der Waals surface area contributed by atoms with Crippen molar-refractivity contribution in [3.8, 4) is 0 Å². The molecule has 4 rings (SSSR count). The number of benzene rings is 2. The third-order valence-electron chi connectivity index (χ3n) is 4.70. The van der Waals surface area contributed by atoms with Crippen LogP contribution in [0.2, 0.25) is 0 Å². The highest BCUT2D eigenvalue weighted by atomic mass is 19.4. The van der Waals surface area contributed by atoms with E-state index in [0.717, 1.165) is 24.3 Å². The van der Waals surface area contributed by atoms with Gasteiger partial charge in [-0.25, -0.2) is 18.8 Å². The molecule has 0 aliphatic carbocycles. The molecule has 0 aromatic heterocycles. The van der Waals surface area contributed by atoms with E-state index in [2.05, 4.69) is 9.98 Å². The summed E-state index contributed by atoms with van der Waals surface area (Å²) in [6, 6.07) is 2.89. The van der Waals surface area contributed by atoms with Gasteiger partial charge >= 0.3 is 12.4 Å². The SMILES string of the molecule is C.NC1=N[C@@H](c2ccc(F)cc2C(F)(F)F)CO1.NC1=N[C@H](c2ccc(F)cc2C(F)(F)F)CO1. The van der Waals surface area contributed by atoms with Gasteiger partial charge in [0, 0.05) is 0 Å². The average Bonchev–Trinajstić information content (AvgIpc) is 3.35. The van der Waals surface area contributed by atoms with Crippen LogP contribution in [0, 0.1) is 11.6 Å². The van der Waals surface area contributed by atoms with Gasteiger partial charge in [-0.2, -0.15) is 26.3 Å². The molecule has 35 heavy (non-hydrogen) atoms. The standard InChI is InChI=1S/2C10H8F4N2O.CH4/c2*11-5-1-2-6(7(3-5)10(12,13)14)8-4-17-9(15)16-8;/h2*1-3,8H,4H2,(H2,15,16);1H4/t2*8-;/m10./s1. The van der Waals surface area contributed by atoms with Gasteiger partial charge in [0.05, 0.1) is 11.1 Å². The molecule has 0 amide bonds. The number of nitrogens with two attached hydrogens (primary N) is 2. The quantitative estimate of drug-likeness (QED) is 0.548. The van der Waals surface area contributed by atoms with Crippen molar-refractivity contribution < 1.29 is 44.6 Å². The highest BCUT2D eigenvalue weighted by Crippen LogP contribution is 2.38. The first-order chi connectivity index (χ1) is 15.8. The summed E-state index contributed by atoms with van der Waals surface area (Å²) in [5.74, 6) is -1.89. The van der Waals surface area contributed by atoms with Gasteiger partial charge in [-0.15, -0.1) is 0 Å². The number of alkyl halides is 6. The zero-order chi connectivity index (χ0) is 25.3. The molecule has 2 atom stereocenters. The van der Waals surface area contributed by atoms with E-state index in [4.69, 9.17) is 20.9 Å². The van der Waals surface area contributed by atoms with Crippen LogP contribution >= 0.6 is 0 Å². The first-order valence-electron chi connectivity index (χ1n) is 9.41. The number of nitrogens with zero attached hydrogens (tertiary/aromatic N) is 2. The second-order valence-electron chi connectivity index (χ2n) is 7.05. The van der Waals surface area contributed by atoms with Crippen LogP contribution in [0.15, 0.2) is 46.4 Å². The van der Waals surface area contributed by atoms with Gasteiger partial charge in [0.2, 0.25) is 0 Å². The Morgan fingerprint density at radius 2 is 1.03 bits per heavy atom. The first kappa shape index (κ1) is 27.7. The fourth-order valence-electron chi connectivity index (χ4n) is 3.23. The smallest absolute Gasteiger partial charge is 0.416 e. The molecule has 4 N–H and O–H groups in total. The lowest BCUT2D eigenvalue weighted by Crippen LogP contribution is -2.12. The largest absolute Gasteiger partial charge is 0.463 e. The van der Waals surface area contributed by atoms with E-state index in [0.29, 0.717) is 12.1 Å². The van der Waals surface area contributed by atoms with E-state index in [1.54, 1.807) is 0 Å². The topological polar surface area (TPSA) is 95.2 Å². The number of halogens is 8. The number of hydrogen-bond acceptors (Lipinski definition) is 6. The molecule has 0 unspecified atom stereocenters. The van der Waals surface area contributed by atoms with Crippen molar-refractivity contribution in [3.05, 3.63) is 70.3 Å². The van der Waals surface area contributed by atoms with E-state index in [1.165, 1.54) is 0 Å². The van der Waals surface area contributed by atoms with Crippen LogP contribution < -0.4 is 11.5 Å². The summed E-state index contributed by atoms with van der Waals surface area (Å²) in [6.45, 7) is -0.138. The van der Waals surface area contributed by atoms with Crippen molar-refractivity contribution in [1.82, 2.24) is 0 Å². The van der Waals surface area contributed by atoms with Crippen LogP contribution in [0.25, 0.3) is 0 Å². The highest BCUT2D eigenvalue weighted by molar-refractivity contribution is 5.73. The summed E-state index contributed by atoms with van der Waals surface area (Å²) in [4.78, 5) is 7.42. The van der Waals surface area contributed by atoms with Crippen molar-refractivity contribution in [2.24, 2.45) is 21.5 Å². The molecule has 0 saturated heterocycles. The Labute approximate surface area is 194 Å². The highest BCUT2D eigenvalue weighted by Gasteiger charge is 2.38. The van der Waals surface area contributed by atoms with Crippen molar-refractivity contribution in [2.75, 3.05) is 13.2 Å². The van der Waals surface area contributed by atoms with Gasteiger partial charge in [-0.3, -0.25) is 0 Å². The number of ether oxygens (including phenoxy) is 2. The van der Waals surface area contributed by atoms with Crippen LogP contribution in [0.5, 0.6) is 0 Å². The number of rotatable bonds is 2. The minimum Gasteiger partial charge on any atom is -0.463 e. The maximum atomic E-state index is 12.8. The predicted molar refractivity (Wildman–Crippen MR) is 110 cm³/mol. The van der Waals surface area contributed by atoms with Gasteiger partial charge in [0.25, 0.3) is 12.0 Å². The van der Waals surface area contributed by atoms with Gasteiger partial charge in [-0.1, -0.05) is 19.6 Å². The summed E-state index contributed by atoms with van der Waals surface area (Å²) < 4.78 is 111. The Morgan fingerprint density at radius 1 is 0.686 bits per heavy atom. The van der Waals surface area contributed by atoms with Crippen LogP contribution in [-0.4, -0.2) is 25.3 Å². The Balaban J connectivity index is 0.000000240. The zero-order valence-corrected chi connectivity index (χ0v) is 16.9. The van der Waals surface area contributed by atoms with E-state index in [1.807, 2.05) is 0 Å². The number of aliphatic imine (C=N–C) groups is 2. The maximum Gasteiger partial charge on any atom is 0.416 e. The van der Waals surface area contributed by atoms with Gasteiger partial charge < -0.3 is 20.9 Å². The molecule has 0 fully saturated rings. The first-order valence-corrected chi connectivity index (χ1v) is 9.41. The fourth-order valence-corrected chi connectivity index (χ4v) is 3.23. The molecule has 0 radical (unpaired) electrons. The minimum absolute atomic E-state index is 0. The van der Waals surface area contributed by atoms with Crippen LogP contribution in [0.3, 0.4) is 0 Å². The molecule has 14 heteroatoms. The third kappa shape index (κ3) is 6.73. The zero-order valence-electron chi connectivity index (χ0n) is 16.9. The molecular weight excluding hydrogens is 492 g/mol. The molecule has 0 saturated carbocycles. The van der Waals surface area contributed by atoms with E-state index in [9.17, 15) is 35.1 Å². The summed E-state index contributed by atoms with van der Waals surface area (Å²) in [5, 5.41) is 0. The summed E-state index contributed by atoms with van der Waals surface area (Å²) in [7, 11) is 0. The Kier molecular flexibility index (Phi) is 8.19. The van der Waals surface area contributed by atoms with Crippen LogP contribution in [-0.2, 0) is 21.8 Å². The Hall–Kier alpha value is -3.58. The molecule has 2 aliphatic heterocycles. The molecule has 0 bridgehead atoms. The van der Waals surface area contributed by atoms with Gasteiger partial charge in [-0.05, 0) is 35.4 Å². The number of amidine groups is 2. The molecule has 192 valence electrons. The summed E-state index contributed by atoms with van der Waals surface area (Å²) >= 11 is 0. The van der Waals surface area contributed by atoms with E-state index >= 15 is 0 Å². The lowest BCUT2D eigenvalue weighted by molar-refractivity contribution is -0.139. The average molecular weight is 512 g/mol. The second kappa shape index (κ2) is 10.4. The Bertz CT molecular complexity index is 1030. The molecule has 0 spiro atoms. The second-order valence-corrected chi connectivity index (χ2v) is 7.05. The van der Waals surface area contributed by atoms with E-state index < -0.39 is 47.2 Å². The maximum absolute atomic E-state index is 12.8.